The summed E-state index contributed by atoms with van der Waals surface area (Å²) in [4.78, 5) is 27.9. The summed E-state index contributed by atoms with van der Waals surface area (Å²) in [6.07, 6.45) is 0. The third-order valence-corrected chi connectivity index (χ3v) is 5.45. The summed E-state index contributed by atoms with van der Waals surface area (Å²) in [6, 6.07) is 17.5. The van der Waals surface area contributed by atoms with E-state index in [0.717, 1.165) is 4.90 Å². The molecule has 0 fully saturated rings. The van der Waals surface area contributed by atoms with Crippen molar-refractivity contribution < 1.29 is 18.7 Å². The Hall–Kier alpha value is -3.64. The molecule has 0 aliphatic carbocycles. The number of ether oxygens (including phenoxy) is 1. The van der Waals surface area contributed by atoms with Gasteiger partial charge in [-0.2, -0.15) is 0 Å². The maximum atomic E-state index is 13.7. The Morgan fingerprint density at radius 2 is 1.68 bits per heavy atom. The van der Waals surface area contributed by atoms with Gasteiger partial charge in [-0.1, -0.05) is 35.9 Å². The summed E-state index contributed by atoms with van der Waals surface area (Å²) >= 11 is 6.22. The van der Waals surface area contributed by atoms with Gasteiger partial charge in [0.05, 0.1) is 18.4 Å². The van der Waals surface area contributed by atoms with Crippen LogP contribution in [-0.4, -0.2) is 18.9 Å². The third kappa shape index (κ3) is 3.78. The molecule has 3 aromatic rings. The first-order valence-corrected chi connectivity index (χ1v) is 9.83. The van der Waals surface area contributed by atoms with E-state index in [0.29, 0.717) is 33.3 Å². The molecule has 4 rings (SSSR count). The maximum Gasteiger partial charge on any atom is 0.282 e. The second-order valence-electron chi connectivity index (χ2n) is 6.94. The van der Waals surface area contributed by atoms with Crippen molar-refractivity contribution in [2.75, 3.05) is 17.3 Å². The van der Waals surface area contributed by atoms with Crippen LogP contribution in [0.5, 0.6) is 5.75 Å². The standard InChI is InChI=1S/C24H18ClFN2O3/c1-14-19(25)7-4-8-20(14)28-23(29)21(15-9-11-18(31-2)12-10-15)22(24(28)30)27-17-6-3-5-16(26)13-17/h3-13,27H,1-2H3. The van der Waals surface area contributed by atoms with E-state index in [1.54, 1.807) is 62.6 Å². The van der Waals surface area contributed by atoms with E-state index in [4.69, 9.17) is 16.3 Å². The SMILES string of the molecule is COc1ccc(C2=C(Nc3cccc(F)c3)C(=O)N(c3cccc(Cl)c3C)C2=O)cc1. The zero-order chi connectivity index (χ0) is 22.1. The average Bonchev–Trinajstić information content (AvgIpc) is 3.00. The van der Waals surface area contributed by atoms with Gasteiger partial charge in [0.25, 0.3) is 11.8 Å². The van der Waals surface area contributed by atoms with Crippen molar-refractivity contribution in [3.63, 3.8) is 0 Å². The lowest BCUT2D eigenvalue weighted by Gasteiger charge is -2.18. The second-order valence-corrected chi connectivity index (χ2v) is 7.35. The maximum absolute atomic E-state index is 13.7. The second kappa shape index (κ2) is 8.24. The molecule has 0 spiro atoms. The molecular formula is C24H18ClFN2O3. The number of amides is 2. The number of imide groups is 1. The van der Waals surface area contributed by atoms with E-state index in [1.807, 2.05) is 0 Å². The molecular weight excluding hydrogens is 419 g/mol. The fourth-order valence-corrected chi connectivity index (χ4v) is 3.61. The highest BCUT2D eigenvalue weighted by molar-refractivity contribution is 6.46. The van der Waals surface area contributed by atoms with Gasteiger partial charge in [-0.3, -0.25) is 9.59 Å². The number of anilines is 2. The van der Waals surface area contributed by atoms with Crippen molar-refractivity contribution in [3.8, 4) is 5.75 Å². The Morgan fingerprint density at radius 3 is 2.35 bits per heavy atom. The highest BCUT2D eigenvalue weighted by Gasteiger charge is 2.41. The molecule has 0 saturated carbocycles. The summed E-state index contributed by atoms with van der Waals surface area (Å²) in [7, 11) is 1.54. The van der Waals surface area contributed by atoms with Crippen molar-refractivity contribution in [2.24, 2.45) is 0 Å². The average molecular weight is 437 g/mol. The molecule has 1 aliphatic heterocycles. The van der Waals surface area contributed by atoms with Gasteiger partial charge in [0.2, 0.25) is 0 Å². The van der Waals surface area contributed by atoms with Crippen LogP contribution < -0.4 is 15.0 Å². The predicted octanol–water partition coefficient (Wildman–Crippen LogP) is 5.19. The van der Waals surface area contributed by atoms with Crippen LogP contribution in [-0.2, 0) is 9.59 Å². The minimum atomic E-state index is -0.551. The van der Waals surface area contributed by atoms with E-state index in [2.05, 4.69) is 5.32 Å². The monoisotopic (exact) mass is 436 g/mol. The predicted molar refractivity (Wildman–Crippen MR) is 119 cm³/mol. The van der Waals surface area contributed by atoms with Crippen LogP contribution in [0, 0.1) is 12.7 Å². The Kier molecular flexibility index (Phi) is 5.48. The lowest BCUT2D eigenvalue weighted by Crippen LogP contribution is -2.33. The van der Waals surface area contributed by atoms with Gasteiger partial charge in [-0.25, -0.2) is 9.29 Å². The molecule has 0 atom stereocenters. The minimum Gasteiger partial charge on any atom is -0.497 e. The van der Waals surface area contributed by atoms with Gasteiger partial charge in [-0.05, 0) is 60.5 Å². The summed E-state index contributed by atoms with van der Waals surface area (Å²) in [5.74, 6) is -0.899. The molecule has 1 aliphatic rings. The van der Waals surface area contributed by atoms with E-state index < -0.39 is 17.6 Å². The van der Waals surface area contributed by atoms with Crippen LogP contribution in [0.1, 0.15) is 11.1 Å². The number of benzene rings is 3. The van der Waals surface area contributed by atoms with Crippen LogP contribution in [0.4, 0.5) is 15.8 Å². The van der Waals surface area contributed by atoms with Crippen molar-refractivity contribution in [1.29, 1.82) is 0 Å². The number of nitrogens with one attached hydrogen (secondary N) is 1. The molecule has 0 aromatic heterocycles. The quantitative estimate of drug-likeness (QED) is 0.559. The van der Waals surface area contributed by atoms with Gasteiger partial charge < -0.3 is 10.1 Å². The van der Waals surface area contributed by atoms with Gasteiger partial charge in [0.1, 0.15) is 17.3 Å². The van der Waals surface area contributed by atoms with Crippen LogP contribution in [0.3, 0.4) is 0 Å². The molecule has 0 saturated heterocycles. The highest BCUT2D eigenvalue weighted by atomic mass is 35.5. The normalized spacial score (nSPS) is 13.7. The topological polar surface area (TPSA) is 58.6 Å². The lowest BCUT2D eigenvalue weighted by molar-refractivity contribution is -0.120. The van der Waals surface area contributed by atoms with Gasteiger partial charge in [0.15, 0.2) is 0 Å². The molecule has 0 radical (unpaired) electrons. The largest absolute Gasteiger partial charge is 0.497 e. The van der Waals surface area contributed by atoms with Crippen molar-refractivity contribution in [1.82, 2.24) is 0 Å². The van der Waals surface area contributed by atoms with Crippen molar-refractivity contribution in [3.05, 3.63) is 94.4 Å². The number of nitrogens with zero attached hydrogens (tertiary/aromatic N) is 1. The van der Waals surface area contributed by atoms with Crippen molar-refractivity contribution in [2.45, 2.75) is 6.92 Å². The number of halogens is 2. The Labute approximate surface area is 183 Å². The van der Waals surface area contributed by atoms with E-state index in [-0.39, 0.29) is 11.3 Å². The molecule has 156 valence electrons. The molecule has 31 heavy (non-hydrogen) atoms. The van der Waals surface area contributed by atoms with Gasteiger partial charge in [0, 0.05) is 10.7 Å². The fourth-order valence-electron chi connectivity index (χ4n) is 3.44. The van der Waals surface area contributed by atoms with E-state index >= 15 is 0 Å². The molecule has 0 unspecified atom stereocenters. The lowest BCUT2D eigenvalue weighted by atomic mass is 10.0. The summed E-state index contributed by atoms with van der Waals surface area (Å²) in [6.45, 7) is 1.74. The van der Waals surface area contributed by atoms with Gasteiger partial charge >= 0.3 is 0 Å². The zero-order valence-corrected chi connectivity index (χ0v) is 17.5. The molecule has 5 nitrogen and oxygen atoms in total. The molecule has 1 N–H and O–H groups in total. The minimum absolute atomic E-state index is 0.0557. The first-order chi connectivity index (χ1) is 14.9. The molecule has 1 heterocycles. The number of rotatable bonds is 5. The van der Waals surface area contributed by atoms with Gasteiger partial charge in [-0.15, -0.1) is 0 Å². The summed E-state index contributed by atoms with van der Waals surface area (Å²) < 4.78 is 18.9. The number of carbonyl (C=O) groups is 2. The molecule has 0 bridgehead atoms. The Bertz CT molecular complexity index is 1220. The third-order valence-electron chi connectivity index (χ3n) is 5.04. The summed E-state index contributed by atoms with van der Waals surface area (Å²) in [5.41, 5.74) is 2.11. The fraction of sp³-hybridized carbons (Fsp3) is 0.0833. The molecule has 7 heteroatoms. The van der Waals surface area contributed by atoms with Crippen molar-refractivity contribution >= 4 is 40.4 Å². The van der Waals surface area contributed by atoms with E-state index in [1.165, 1.54) is 18.2 Å². The zero-order valence-electron chi connectivity index (χ0n) is 16.8. The van der Waals surface area contributed by atoms with Crippen LogP contribution in [0.15, 0.2) is 72.4 Å². The summed E-state index contributed by atoms with van der Waals surface area (Å²) in [5, 5.41) is 3.38. The van der Waals surface area contributed by atoms with E-state index in [9.17, 15) is 14.0 Å². The number of carbonyl (C=O) groups excluding carboxylic acids is 2. The van der Waals surface area contributed by atoms with Crippen LogP contribution >= 0.6 is 11.6 Å². The Balaban J connectivity index is 1.85. The molecule has 3 aromatic carbocycles. The van der Waals surface area contributed by atoms with Crippen LogP contribution in [0.2, 0.25) is 5.02 Å². The first-order valence-electron chi connectivity index (χ1n) is 9.46. The number of hydrogen-bond acceptors (Lipinski definition) is 4. The number of methoxy groups -OCH3 is 1. The Morgan fingerprint density at radius 1 is 0.968 bits per heavy atom. The highest BCUT2D eigenvalue weighted by Crippen LogP contribution is 2.37. The first kappa shape index (κ1) is 20.6. The smallest absolute Gasteiger partial charge is 0.282 e. The van der Waals surface area contributed by atoms with Crippen LogP contribution in [0.25, 0.3) is 5.57 Å². The number of hydrogen-bond donors (Lipinski definition) is 1. The molecule has 2 amide bonds.